The molecule has 2 aromatic carbocycles. The van der Waals surface area contributed by atoms with Crippen LogP contribution >= 0.6 is 0 Å². The normalized spacial score (nSPS) is 16.4. The summed E-state index contributed by atoms with van der Waals surface area (Å²) in [4.78, 5) is 27.5. The molecule has 0 fully saturated rings. The number of hydrogen-bond acceptors (Lipinski definition) is 4. The first kappa shape index (κ1) is 15.4. The van der Waals surface area contributed by atoms with Gasteiger partial charge in [0.05, 0.1) is 19.1 Å². The molecular formula is C20H17NO4. The van der Waals surface area contributed by atoms with Crippen molar-refractivity contribution in [3.8, 4) is 11.5 Å². The quantitative estimate of drug-likeness (QED) is 0.730. The smallest absolute Gasteiger partial charge is 0.312 e. The SMILES string of the molecule is COc1ccc([C@H]2CC(=O)Oc3cc(C)[nH]c(=O)c32)c2ccccc12. The molecule has 1 aliphatic heterocycles. The fourth-order valence-electron chi connectivity index (χ4n) is 3.56. The molecule has 1 aliphatic rings. The number of fused-ring (bicyclic) bond motifs is 2. The lowest BCUT2D eigenvalue weighted by atomic mass is 9.84. The number of carbonyl (C=O) groups excluding carboxylic acids is 1. The minimum absolute atomic E-state index is 0.134. The van der Waals surface area contributed by atoms with Gasteiger partial charge in [0.15, 0.2) is 0 Å². The maximum Gasteiger partial charge on any atom is 0.312 e. The first-order chi connectivity index (χ1) is 12.1. The van der Waals surface area contributed by atoms with Crippen molar-refractivity contribution in [2.45, 2.75) is 19.3 Å². The van der Waals surface area contributed by atoms with Gasteiger partial charge in [0, 0.05) is 23.1 Å². The number of nitrogens with one attached hydrogen (secondary N) is 1. The second-order valence-corrected chi connectivity index (χ2v) is 6.19. The zero-order valence-electron chi connectivity index (χ0n) is 14.0. The Morgan fingerprint density at radius 3 is 2.64 bits per heavy atom. The van der Waals surface area contributed by atoms with Crippen molar-refractivity contribution in [2.75, 3.05) is 7.11 Å². The fourth-order valence-corrected chi connectivity index (χ4v) is 3.56. The average Bonchev–Trinajstić information content (AvgIpc) is 2.59. The standard InChI is InChI=1S/C20H17NO4/c1-11-9-17-19(20(23)21-11)15(10-18(22)25-17)13-7-8-16(24-2)14-6-4-3-5-12(13)14/h3-9,15H,10H2,1-2H3,(H,21,23)/t15-/m1/s1. The van der Waals surface area contributed by atoms with E-state index in [2.05, 4.69) is 4.98 Å². The third-order valence-electron chi connectivity index (χ3n) is 4.62. The van der Waals surface area contributed by atoms with Crippen molar-refractivity contribution in [1.29, 1.82) is 0 Å². The van der Waals surface area contributed by atoms with Crippen LogP contribution in [0.15, 0.2) is 47.3 Å². The number of aromatic amines is 1. The Kier molecular flexibility index (Phi) is 3.57. The van der Waals surface area contributed by atoms with Crippen LogP contribution in [-0.4, -0.2) is 18.1 Å². The molecule has 0 aliphatic carbocycles. The number of hydrogen-bond donors (Lipinski definition) is 1. The van der Waals surface area contributed by atoms with Crippen molar-refractivity contribution >= 4 is 16.7 Å². The highest BCUT2D eigenvalue weighted by Crippen LogP contribution is 2.41. The van der Waals surface area contributed by atoms with E-state index in [9.17, 15) is 9.59 Å². The van der Waals surface area contributed by atoms with Crippen LogP contribution in [-0.2, 0) is 4.79 Å². The first-order valence-electron chi connectivity index (χ1n) is 8.08. The molecule has 4 rings (SSSR count). The van der Waals surface area contributed by atoms with Crippen molar-refractivity contribution < 1.29 is 14.3 Å². The van der Waals surface area contributed by atoms with E-state index in [1.807, 2.05) is 36.4 Å². The third kappa shape index (κ3) is 2.48. The summed E-state index contributed by atoms with van der Waals surface area (Å²) in [6.07, 6.45) is 0.134. The lowest BCUT2D eigenvalue weighted by Gasteiger charge is -2.25. The van der Waals surface area contributed by atoms with Gasteiger partial charge in [0.25, 0.3) is 5.56 Å². The maximum atomic E-state index is 12.6. The third-order valence-corrected chi connectivity index (χ3v) is 4.62. The zero-order chi connectivity index (χ0) is 17.6. The number of H-pyrrole nitrogens is 1. The first-order valence-corrected chi connectivity index (χ1v) is 8.08. The summed E-state index contributed by atoms with van der Waals surface area (Å²) in [6, 6.07) is 13.3. The van der Waals surface area contributed by atoms with Gasteiger partial charge < -0.3 is 14.5 Å². The van der Waals surface area contributed by atoms with Gasteiger partial charge in [-0.05, 0) is 23.9 Å². The second kappa shape index (κ2) is 5.77. The van der Waals surface area contributed by atoms with E-state index >= 15 is 0 Å². The van der Waals surface area contributed by atoms with E-state index in [0.717, 1.165) is 22.1 Å². The Bertz CT molecular complexity index is 1050. The zero-order valence-corrected chi connectivity index (χ0v) is 14.0. The lowest BCUT2D eigenvalue weighted by molar-refractivity contribution is -0.135. The fraction of sp³-hybridized carbons (Fsp3) is 0.200. The van der Waals surface area contributed by atoms with E-state index in [1.54, 1.807) is 20.1 Å². The van der Waals surface area contributed by atoms with Crippen LogP contribution in [0.2, 0.25) is 0 Å². The molecular weight excluding hydrogens is 318 g/mol. The summed E-state index contributed by atoms with van der Waals surface area (Å²) in [5.74, 6) is 0.428. The van der Waals surface area contributed by atoms with Gasteiger partial charge in [-0.3, -0.25) is 9.59 Å². The number of carbonyl (C=O) groups is 1. The van der Waals surface area contributed by atoms with Gasteiger partial charge in [0.2, 0.25) is 0 Å². The number of aromatic nitrogens is 1. The van der Waals surface area contributed by atoms with E-state index in [1.165, 1.54) is 0 Å². The van der Waals surface area contributed by atoms with Gasteiger partial charge >= 0.3 is 5.97 Å². The molecule has 2 heterocycles. The van der Waals surface area contributed by atoms with Crippen molar-refractivity contribution in [1.82, 2.24) is 4.98 Å². The molecule has 0 saturated heterocycles. The van der Waals surface area contributed by atoms with Gasteiger partial charge in [-0.15, -0.1) is 0 Å². The van der Waals surface area contributed by atoms with Crippen LogP contribution in [0.25, 0.3) is 10.8 Å². The van der Waals surface area contributed by atoms with Gasteiger partial charge in [-0.1, -0.05) is 30.3 Å². The maximum absolute atomic E-state index is 12.6. The second-order valence-electron chi connectivity index (χ2n) is 6.19. The number of methoxy groups -OCH3 is 1. The molecule has 0 bridgehead atoms. The van der Waals surface area contributed by atoms with Crippen LogP contribution in [0.5, 0.6) is 11.5 Å². The van der Waals surface area contributed by atoms with Gasteiger partial charge in [-0.25, -0.2) is 0 Å². The number of aryl methyl sites for hydroxylation is 1. The molecule has 5 heteroatoms. The van der Waals surface area contributed by atoms with E-state index < -0.39 is 0 Å². The molecule has 0 radical (unpaired) electrons. The van der Waals surface area contributed by atoms with E-state index in [4.69, 9.17) is 9.47 Å². The highest BCUT2D eigenvalue weighted by molar-refractivity contribution is 5.92. The van der Waals surface area contributed by atoms with Crippen molar-refractivity contribution in [3.05, 3.63) is 69.6 Å². The molecule has 1 aromatic heterocycles. The summed E-state index contributed by atoms with van der Waals surface area (Å²) in [5.41, 5.74) is 1.87. The van der Waals surface area contributed by atoms with Gasteiger partial charge in [-0.2, -0.15) is 0 Å². The summed E-state index contributed by atoms with van der Waals surface area (Å²) in [7, 11) is 1.63. The number of pyridine rings is 1. The van der Waals surface area contributed by atoms with E-state index in [0.29, 0.717) is 17.0 Å². The topological polar surface area (TPSA) is 68.4 Å². The summed E-state index contributed by atoms with van der Waals surface area (Å²) < 4.78 is 10.8. The summed E-state index contributed by atoms with van der Waals surface area (Å²) in [6.45, 7) is 1.77. The van der Waals surface area contributed by atoms with Gasteiger partial charge in [0.1, 0.15) is 11.5 Å². The summed E-state index contributed by atoms with van der Waals surface area (Å²) in [5, 5.41) is 1.92. The van der Waals surface area contributed by atoms with Crippen LogP contribution in [0.4, 0.5) is 0 Å². The Hall–Kier alpha value is -3.08. The largest absolute Gasteiger partial charge is 0.496 e. The number of benzene rings is 2. The predicted molar refractivity (Wildman–Crippen MR) is 94.4 cm³/mol. The highest BCUT2D eigenvalue weighted by atomic mass is 16.5. The Morgan fingerprint density at radius 1 is 1.12 bits per heavy atom. The van der Waals surface area contributed by atoms with Crippen molar-refractivity contribution in [2.24, 2.45) is 0 Å². The Balaban J connectivity index is 2.00. The summed E-state index contributed by atoms with van der Waals surface area (Å²) >= 11 is 0. The Labute approximate surface area is 144 Å². The van der Waals surface area contributed by atoms with Crippen LogP contribution < -0.4 is 15.0 Å². The molecule has 25 heavy (non-hydrogen) atoms. The lowest BCUT2D eigenvalue weighted by Crippen LogP contribution is -2.28. The number of rotatable bonds is 2. The average molecular weight is 335 g/mol. The van der Waals surface area contributed by atoms with E-state index in [-0.39, 0.29) is 23.9 Å². The molecule has 0 amide bonds. The monoisotopic (exact) mass is 335 g/mol. The van der Waals surface area contributed by atoms with Crippen molar-refractivity contribution in [3.63, 3.8) is 0 Å². The Morgan fingerprint density at radius 2 is 1.88 bits per heavy atom. The minimum atomic E-state index is -0.351. The molecule has 0 spiro atoms. The molecule has 5 nitrogen and oxygen atoms in total. The van der Waals surface area contributed by atoms with Crippen LogP contribution in [0.3, 0.4) is 0 Å². The minimum Gasteiger partial charge on any atom is -0.496 e. The molecule has 3 aromatic rings. The predicted octanol–water partition coefficient (Wildman–Crippen LogP) is 3.29. The molecule has 0 unspecified atom stereocenters. The van der Waals surface area contributed by atoms with Crippen LogP contribution in [0, 0.1) is 6.92 Å². The number of esters is 1. The molecule has 0 saturated carbocycles. The highest BCUT2D eigenvalue weighted by Gasteiger charge is 2.32. The van der Waals surface area contributed by atoms with Crippen LogP contribution in [0.1, 0.15) is 29.2 Å². The molecule has 126 valence electrons. The molecule has 1 atom stereocenters. The number of ether oxygens (including phenoxy) is 2. The molecule has 1 N–H and O–H groups in total.